The first-order valence-electron chi connectivity index (χ1n) is 45.8. The summed E-state index contributed by atoms with van der Waals surface area (Å²) in [6, 6.07) is 32.0. The summed E-state index contributed by atoms with van der Waals surface area (Å²) in [6.07, 6.45) is 42.3. The van der Waals surface area contributed by atoms with Crippen molar-refractivity contribution >= 4 is 59.6 Å². The highest BCUT2D eigenvalue weighted by atomic mass is 16.6. The molecule has 24 heteroatoms. The highest BCUT2D eigenvalue weighted by Crippen LogP contribution is 2.36. The average molecular weight is 1750 g/mol. The van der Waals surface area contributed by atoms with Crippen LogP contribution in [-0.4, -0.2) is 112 Å². The second-order valence-electron chi connectivity index (χ2n) is 31.5. The third-order valence-corrected chi connectivity index (χ3v) is 21.2. The molecule has 0 aliphatic heterocycles. The molecule has 0 saturated heterocycles. The zero-order valence-electron chi connectivity index (χ0n) is 74.5. The van der Waals surface area contributed by atoms with E-state index in [0.29, 0.717) is 126 Å². The lowest BCUT2D eigenvalue weighted by molar-refractivity contribution is -0.138. The molecule has 0 aliphatic rings. The van der Waals surface area contributed by atoms with Gasteiger partial charge < -0.3 is 68.3 Å². The van der Waals surface area contributed by atoms with E-state index in [9.17, 15) is 47.9 Å². The topological polar surface area (TPSA) is 333 Å². The maximum Gasteiger partial charge on any atom is 0.343 e. The van der Waals surface area contributed by atoms with Gasteiger partial charge in [-0.1, -0.05) is 213 Å². The Morgan fingerprint density at radius 3 is 0.622 bits per heavy atom. The van der Waals surface area contributed by atoms with E-state index < -0.39 is 59.6 Å². The Balaban J connectivity index is 1.07. The van der Waals surface area contributed by atoms with Crippen molar-refractivity contribution in [1.29, 1.82) is 0 Å². The monoisotopic (exact) mass is 1750 g/mol. The van der Waals surface area contributed by atoms with Crippen LogP contribution in [0, 0.1) is 0 Å². The smallest absolute Gasteiger partial charge is 0.343 e. The van der Waals surface area contributed by atoms with Crippen LogP contribution in [0.5, 0.6) is 46.0 Å². The van der Waals surface area contributed by atoms with E-state index in [1.807, 2.05) is 0 Å². The van der Waals surface area contributed by atoms with Gasteiger partial charge in [-0.3, -0.25) is 9.59 Å². The summed E-state index contributed by atoms with van der Waals surface area (Å²) in [4.78, 5) is 128. The van der Waals surface area contributed by atoms with Gasteiger partial charge in [0.25, 0.3) is 11.8 Å². The molecule has 0 bridgehead atoms. The number of primary amides is 2. The summed E-state index contributed by atoms with van der Waals surface area (Å²) >= 11 is 0. The molecule has 0 atom stereocenters. The van der Waals surface area contributed by atoms with Crippen LogP contribution in [0.3, 0.4) is 0 Å². The Morgan fingerprint density at radius 2 is 0.417 bits per heavy atom. The Bertz CT molecular complexity index is 4070. The number of benzene rings is 6. The molecule has 0 radical (unpaired) electrons. The van der Waals surface area contributed by atoms with Gasteiger partial charge in [-0.25, -0.2) is 38.4 Å². The molecule has 0 aliphatic carbocycles. The molecule has 0 spiro atoms. The second kappa shape index (κ2) is 64.0. The van der Waals surface area contributed by atoms with Crippen LogP contribution in [0.4, 0.5) is 0 Å². The predicted molar refractivity (Wildman–Crippen MR) is 490 cm³/mol. The van der Waals surface area contributed by atoms with Crippen LogP contribution >= 0.6 is 0 Å². The molecule has 127 heavy (non-hydrogen) atoms. The maximum atomic E-state index is 14.1. The molecular formula is C103H134N2O22. The van der Waals surface area contributed by atoms with E-state index in [2.05, 4.69) is 26.3 Å². The molecule has 0 unspecified atom stereocenters. The maximum absolute atomic E-state index is 14.1. The molecule has 688 valence electrons. The molecule has 0 saturated carbocycles. The van der Waals surface area contributed by atoms with Crippen LogP contribution in [0.15, 0.2) is 172 Å². The van der Waals surface area contributed by atoms with Crippen LogP contribution in [-0.2, 0) is 51.0 Å². The third-order valence-electron chi connectivity index (χ3n) is 21.2. The van der Waals surface area contributed by atoms with Crippen LogP contribution in [0.25, 0.3) is 0 Å². The molecule has 4 N–H and O–H groups in total. The molecule has 6 aromatic carbocycles. The quantitative estimate of drug-likeness (QED) is 0.0118. The first-order valence-corrected chi connectivity index (χ1v) is 45.8. The van der Waals surface area contributed by atoms with E-state index >= 15 is 0 Å². The van der Waals surface area contributed by atoms with Gasteiger partial charge >= 0.3 is 47.8 Å². The Labute approximate surface area is 750 Å². The van der Waals surface area contributed by atoms with Crippen LogP contribution in [0.2, 0.25) is 0 Å². The molecule has 2 amide bonds. The summed E-state index contributed by atoms with van der Waals surface area (Å²) in [5.41, 5.74) is 13.5. The number of carbonyl (C=O) groups is 10. The summed E-state index contributed by atoms with van der Waals surface area (Å²) in [6.45, 7) is 17.3. The molecule has 0 aromatic heterocycles. The summed E-state index contributed by atoms with van der Waals surface area (Å²) in [7, 11) is 0. The number of hydrogen-bond acceptors (Lipinski definition) is 22. The van der Waals surface area contributed by atoms with Gasteiger partial charge in [0, 0.05) is 24.3 Å². The van der Waals surface area contributed by atoms with Crippen LogP contribution < -0.4 is 49.4 Å². The number of carbonyl (C=O) groups excluding carboxylic acids is 10. The lowest BCUT2D eigenvalue weighted by atomic mass is 9.99. The number of rotatable bonds is 72. The number of ether oxygens (including phenoxy) is 12. The van der Waals surface area contributed by atoms with Crippen molar-refractivity contribution in [2.75, 3.05) is 52.9 Å². The van der Waals surface area contributed by atoms with Crippen molar-refractivity contribution in [1.82, 2.24) is 0 Å². The lowest BCUT2D eigenvalue weighted by Gasteiger charge is -2.16. The Hall–Kier alpha value is -11.8. The van der Waals surface area contributed by atoms with Crippen molar-refractivity contribution in [3.8, 4) is 46.0 Å². The SMILES string of the molecule is C=CC(=O)OCCCCCCCCCCOc1ccc(C(=O)Oc2cc(CCCCCCCCCc3cc(OC(=O)c4ccc(OCCCCCCCCCCOC(=O)C=C)cc4)cc(C(N)=O)c3OC(=O)c3ccc(OCCCCCCCCCCOC(=O)C=C)cc3)c(OC(=O)c3ccc(OCCCCCCCCCCOC(=O)C=C)cc3)c(C(N)=O)c2)cc1. The number of unbranched alkanes of at least 4 members (excludes halogenated alkanes) is 34. The summed E-state index contributed by atoms with van der Waals surface area (Å²) in [5, 5.41) is 0. The number of esters is 8. The van der Waals surface area contributed by atoms with Crippen LogP contribution in [0.1, 0.15) is 324 Å². The zero-order chi connectivity index (χ0) is 91.1. The van der Waals surface area contributed by atoms with Gasteiger partial charge in [-0.05, 0) is 210 Å². The van der Waals surface area contributed by atoms with E-state index in [-0.39, 0.29) is 56.4 Å². The molecule has 0 heterocycles. The van der Waals surface area contributed by atoms with Crippen molar-refractivity contribution in [3.63, 3.8) is 0 Å². The minimum absolute atomic E-state index is 0.0212. The summed E-state index contributed by atoms with van der Waals surface area (Å²) < 4.78 is 68.2. The van der Waals surface area contributed by atoms with Gasteiger partial charge in [-0.2, -0.15) is 0 Å². The lowest BCUT2D eigenvalue weighted by Crippen LogP contribution is -2.18. The van der Waals surface area contributed by atoms with Crippen molar-refractivity contribution in [3.05, 3.63) is 216 Å². The fourth-order valence-electron chi connectivity index (χ4n) is 14.1. The molecule has 6 rings (SSSR count). The van der Waals surface area contributed by atoms with E-state index in [1.54, 1.807) is 109 Å². The Kier molecular flexibility index (Phi) is 52.4. The minimum atomic E-state index is -0.910. The van der Waals surface area contributed by atoms with Crippen molar-refractivity contribution < 1.29 is 105 Å². The zero-order valence-corrected chi connectivity index (χ0v) is 74.5. The number of amides is 2. The van der Waals surface area contributed by atoms with Gasteiger partial charge in [0.15, 0.2) is 0 Å². The van der Waals surface area contributed by atoms with Crippen molar-refractivity contribution in [2.45, 2.75) is 263 Å². The summed E-state index contributed by atoms with van der Waals surface area (Å²) in [5.74, 6) is -4.05. The normalized spacial score (nSPS) is 10.8. The average Bonchev–Trinajstić information content (AvgIpc) is 0.804. The molecule has 6 aromatic rings. The van der Waals surface area contributed by atoms with E-state index in [4.69, 9.17) is 68.3 Å². The van der Waals surface area contributed by atoms with Gasteiger partial charge in [-0.15, -0.1) is 0 Å². The van der Waals surface area contributed by atoms with Gasteiger partial charge in [0.05, 0.1) is 86.2 Å². The molecule has 0 fully saturated rings. The highest BCUT2D eigenvalue weighted by molar-refractivity contribution is 6.01. The molecule has 24 nitrogen and oxygen atoms in total. The van der Waals surface area contributed by atoms with E-state index in [1.165, 1.54) is 36.4 Å². The van der Waals surface area contributed by atoms with Gasteiger partial charge in [0.1, 0.15) is 46.0 Å². The van der Waals surface area contributed by atoms with Crippen molar-refractivity contribution in [2.24, 2.45) is 11.5 Å². The standard InChI is InChI=1S/C103H134N2O22/c1-5-92(106)120-70-44-34-24-13-9-20-30-40-66-116-84-58-50-78(51-59-84)100(112)124-88-74-82(96(90(76-88)98(104)110)126-102(114)80-54-62-86(63-55-80)118-68-42-32-22-11-15-26-36-46-72-122-94(108)7-3)48-38-28-18-17-19-29-39-49-83-75-89(125-101(113)79-52-60-85(61-53-79)117-67-41-31-21-10-14-25-35-45-71-121-93(107)6-2)77-91(99(105)111)97(83)127-103(115)81-56-64-87(65-57-81)119-69-43-33-23-12-16-27-37-47-73-123-95(109)8-4/h5-8,50-65,74-77H,1-4,9-49,66-73H2,(H2,104,110)(H2,105,111). The number of nitrogens with two attached hydrogens (primary N) is 2. The largest absolute Gasteiger partial charge is 0.494 e. The first kappa shape index (κ1) is 104. The van der Waals surface area contributed by atoms with E-state index in [0.717, 1.165) is 225 Å². The molecular weight excluding hydrogens is 1620 g/mol. The highest BCUT2D eigenvalue weighted by Gasteiger charge is 2.26. The number of hydrogen-bond donors (Lipinski definition) is 2. The second-order valence-corrected chi connectivity index (χ2v) is 31.5. The third kappa shape index (κ3) is 44.3. The fourth-order valence-corrected chi connectivity index (χ4v) is 14.1. The number of aryl methyl sites for hydroxylation is 2. The fraction of sp³-hybridized carbons (Fsp3) is 0.476. The van der Waals surface area contributed by atoms with Gasteiger partial charge in [0.2, 0.25) is 0 Å². The minimum Gasteiger partial charge on any atom is -0.494 e. The first-order chi connectivity index (χ1) is 61.9. The predicted octanol–water partition coefficient (Wildman–Crippen LogP) is 22.2. The Morgan fingerprint density at radius 1 is 0.228 bits per heavy atom.